The topological polar surface area (TPSA) is 116 Å². The fourth-order valence-corrected chi connectivity index (χ4v) is 3.94. The number of tetrazole rings is 1. The fraction of sp³-hybridized carbons (Fsp3) is 0.400. The number of rotatable bonds is 9. The Bertz CT molecular complexity index is 1350. The summed E-state index contributed by atoms with van der Waals surface area (Å²) in [7, 11) is 0. The van der Waals surface area contributed by atoms with Crippen LogP contribution in [-0.4, -0.2) is 39.3 Å². The summed E-state index contributed by atoms with van der Waals surface area (Å²) in [5.41, 5.74) is 0.601. The lowest BCUT2D eigenvalue weighted by Gasteiger charge is -2.11. The first kappa shape index (κ1) is 22.2. The number of benzene rings is 1. The van der Waals surface area contributed by atoms with Crippen LogP contribution < -0.4 is 11.2 Å². The van der Waals surface area contributed by atoms with Gasteiger partial charge >= 0.3 is 5.69 Å². The van der Waals surface area contributed by atoms with Gasteiger partial charge in [0.2, 0.25) is 5.28 Å². The van der Waals surface area contributed by atoms with E-state index in [2.05, 4.69) is 25.5 Å². The monoisotopic (exact) mass is 476 g/mol. The molecule has 0 saturated heterocycles. The predicted octanol–water partition coefficient (Wildman–Crippen LogP) is 2.66. The van der Waals surface area contributed by atoms with Crippen LogP contribution in [0, 0.1) is 0 Å². The Labute approximate surface area is 192 Å². The molecule has 0 atom stereocenters. The fourth-order valence-electron chi connectivity index (χ4n) is 3.57. The third-order valence-electron chi connectivity index (χ3n) is 5.23. The molecular weight excluding hydrogens is 455 g/mol. The van der Waals surface area contributed by atoms with Crippen molar-refractivity contribution in [3.63, 3.8) is 0 Å². The molecular formula is C20H22Cl2N8O2. The van der Waals surface area contributed by atoms with Crippen molar-refractivity contribution in [2.45, 2.75) is 52.2 Å². The number of imidazole rings is 1. The van der Waals surface area contributed by atoms with Crippen molar-refractivity contribution in [1.82, 2.24) is 39.3 Å². The highest BCUT2D eigenvalue weighted by molar-refractivity contribution is 6.31. The number of H-pyrrole nitrogens is 1. The van der Waals surface area contributed by atoms with Crippen molar-refractivity contribution >= 4 is 34.4 Å². The van der Waals surface area contributed by atoms with Gasteiger partial charge in [0.1, 0.15) is 0 Å². The van der Waals surface area contributed by atoms with Gasteiger partial charge in [-0.25, -0.2) is 9.48 Å². The largest absolute Gasteiger partial charge is 0.332 e. The summed E-state index contributed by atoms with van der Waals surface area (Å²) in [6, 6.07) is 7.51. The minimum Gasteiger partial charge on any atom is -0.323 e. The van der Waals surface area contributed by atoms with E-state index in [1.807, 2.05) is 31.2 Å². The second-order valence-corrected chi connectivity index (χ2v) is 8.18. The number of unbranched alkanes of at least 4 members (excludes halogenated alkanes) is 1. The zero-order valence-electron chi connectivity index (χ0n) is 17.5. The number of aryl methyl sites for hydroxylation is 2. The highest BCUT2D eigenvalue weighted by Crippen LogP contribution is 2.17. The summed E-state index contributed by atoms with van der Waals surface area (Å²) < 4.78 is 4.38. The van der Waals surface area contributed by atoms with E-state index in [9.17, 15) is 9.59 Å². The molecule has 0 unspecified atom stereocenters. The molecule has 0 aliphatic rings. The van der Waals surface area contributed by atoms with Crippen LogP contribution >= 0.6 is 23.2 Å². The molecule has 0 fully saturated rings. The SMILES string of the molecule is CCCCn1c(=O)n(CCCn2nnnc2Cc2ccccc2Cl)c(=O)c2[nH]c(Cl)nc21. The van der Waals surface area contributed by atoms with Gasteiger partial charge in [-0.2, -0.15) is 4.98 Å². The Morgan fingerprint density at radius 3 is 2.59 bits per heavy atom. The molecule has 0 bridgehead atoms. The van der Waals surface area contributed by atoms with Crippen LogP contribution in [0.5, 0.6) is 0 Å². The highest BCUT2D eigenvalue weighted by atomic mass is 35.5. The molecule has 1 aromatic carbocycles. The van der Waals surface area contributed by atoms with Crippen molar-refractivity contribution in [3.05, 3.63) is 66.8 Å². The van der Waals surface area contributed by atoms with Crippen LogP contribution in [0.4, 0.5) is 0 Å². The van der Waals surface area contributed by atoms with E-state index in [1.165, 1.54) is 9.13 Å². The molecule has 0 saturated carbocycles. The summed E-state index contributed by atoms with van der Waals surface area (Å²) >= 11 is 12.2. The number of nitrogens with zero attached hydrogens (tertiary/aromatic N) is 7. The average molecular weight is 477 g/mol. The maximum atomic E-state index is 13.0. The number of hydrogen-bond acceptors (Lipinski definition) is 6. The smallest absolute Gasteiger partial charge is 0.323 e. The van der Waals surface area contributed by atoms with Gasteiger partial charge in [-0.1, -0.05) is 43.1 Å². The summed E-state index contributed by atoms with van der Waals surface area (Å²) in [5, 5.41) is 12.6. The van der Waals surface area contributed by atoms with Crippen LogP contribution in [0.3, 0.4) is 0 Å². The van der Waals surface area contributed by atoms with Crippen molar-refractivity contribution in [1.29, 1.82) is 0 Å². The zero-order valence-corrected chi connectivity index (χ0v) is 19.0. The molecule has 1 N–H and O–H groups in total. The second-order valence-electron chi connectivity index (χ2n) is 7.41. The van der Waals surface area contributed by atoms with Gasteiger partial charge in [-0.3, -0.25) is 13.9 Å². The summed E-state index contributed by atoms with van der Waals surface area (Å²) in [6.45, 7) is 3.14. The standard InChI is InChI=1S/C20H22Cl2N8O2/c1-2-3-9-28-17-16(23-19(22)24-17)18(31)29(20(28)32)10-6-11-30-15(25-26-27-30)12-13-7-4-5-8-14(13)21/h4-5,7-8H,2-3,6,9-12H2,1H3,(H,23,24). The average Bonchev–Trinajstić information content (AvgIpc) is 3.38. The number of aromatic nitrogens is 8. The number of hydrogen-bond donors (Lipinski definition) is 1. The molecule has 12 heteroatoms. The molecule has 0 amide bonds. The molecule has 0 spiro atoms. The van der Waals surface area contributed by atoms with Crippen molar-refractivity contribution < 1.29 is 0 Å². The molecule has 0 aliphatic carbocycles. The first-order valence-corrected chi connectivity index (χ1v) is 11.1. The Morgan fingerprint density at radius 1 is 1.03 bits per heavy atom. The number of aromatic amines is 1. The molecule has 168 valence electrons. The van der Waals surface area contributed by atoms with E-state index < -0.39 is 11.2 Å². The van der Waals surface area contributed by atoms with Crippen molar-refractivity contribution in [2.75, 3.05) is 0 Å². The van der Waals surface area contributed by atoms with E-state index in [0.29, 0.717) is 36.8 Å². The van der Waals surface area contributed by atoms with Gasteiger partial charge in [-0.05, 0) is 46.5 Å². The van der Waals surface area contributed by atoms with Gasteiger partial charge in [0.25, 0.3) is 5.56 Å². The summed E-state index contributed by atoms with van der Waals surface area (Å²) in [5.74, 6) is 0.654. The van der Waals surface area contributed by atoms with Crippen molar-refractivity contribution in [2.24, 2.45) is 0 Å². The molecule has 4 rings (SSSR count). The zero-order chi connectivity index (χ0) is 22.7. The Kier molecular flexibility index (Phi) is 6.71. The molecule has 10 nitrogen and oxygen atoms in total. The quantitative estimate of drug-likeness (QED) is 0.371. The lowest BCUT2D eigenvalue weighted by molar-refractivity contribution is 0.475. The molecule has 3 aromatic heterocycles. The summed E-state index contributed by atoms with van der Waals surface area (Å²) in [6.07, 6.45) is 2.65. The lowest BCUT2D eigenvalue weighted by Crippen LogP contribution is -2.40. The number of fused-ring (bicyclic) bond motifs is 1. The molecule has 0 aliphatic heterocycles. The van der Waals surface area contributed by atoms with Gasteiger partial charge in [0.15, 0.2) is 17.0 Å². The molecule has 32 heavy (non-hydrogen) atoms. The Morgan fingerprint density at radius 2 is 1.81 bits per heavy atom. The van der Waals surface area contributed by atoms with Crippen molar-refractivity contribution in [3.8, 4) is 0 Å². The number of halogens is 2. The highest BCUT2D eigenvalue weighted by Gasteiger charge is 2.17. The predicted molar refractivity (Wildman–Crippen MR) is 121 cm³/mol. The lowest BCUT2D eigenvalue weighted by atomic mass is 10.1. The third kappa shape index (κ3) is 4.46. The van der Waals surface area contributed by atoms with E-state index in [1.54, 1.807) is 4.68 Å². The van der Waals surface area contributed by atoms with Gasteiger partial charge in [0.05, 0.1) is 0 Å². The van der Waals surface area contributed by atoms with E-state index in [4.69, 9.17) is 23.2 Å². The van der Waals surface area contributed by atoms with Gasteiger partial charge < -0.3 is 4.98 Å². The van der Waals surface area contributed by atoms with Gasteiger partial charge in [0, 0.05) is 31.1 Å². The minimum atomic E-state index is -0.440. The van der Waals surface area contributed by atoms with E-state index in [0.717, 1.165) is 18.4 Å². The van der Waals surface area contributed by atoms with E-state index >= 15 is 0 Å². The second kappa shape index (κ2) is 9.66. The number of nitrogens with one attached hydrogen (secondary N) is 1. The maximum Gasteiger partial charge on any atom is 0.332 e. The molecule has 4 aromatic rings. The Hall–Kier alpha value is -2.98. The van der Waals surface area contributed by atoms with E-state index in [-0.39, 0.29) is 23.0 Å². The molecule has 3 heterocycles. The Balaban J connectivity index is 1.55. The molecule has 0 radical (unpaired) electrons. The van der Waals surface area contributed by atoms with Crippen LogP contribution in [0.2, 0.25) is 10.3 Å². The van der Waals surface area contributed by atoms with Crippen LogP contribution in [0.15, 0.2) is 33.9 Å². The first-order chi connectivity index (χ1) is 15.5. The third-order valence-corrected chi connectivity index (χ3v) is 5.78. The minimum absolute atomic E-state index is 0.0809. The van der Waals surface area contributed by atoms with Crippen LogP contribution in [0.25, 0.3) is 11.2 Å². The normalized spacial score (nSPS) is 11.5. The summed E-state index contributed by atoms with van der Waals surface area (Å²) in [4.78, 5) is 32.8. The first-order valence-electron chi connectivity index (χ1n) is 10.4. The van der Waals surface area contributed by atoms with Gasteiger partial charge in [-0.15, -0.1) is 5.10 Å². The van der Waals surface area contributed by atoms with Crippen LogP contribution in [-0.2, 0) is 26.1 Å². The maximum absolute atomic E-state index is 13.0. The van der Waals surface area contributed by atoms with Crippen LogP contribution in [0.1, 0.15) is 37.6 Å².